The van der Waals surface area contributed by atoms with Crippen molar-refractivity contribution in [3.05, 3.63) is 59.5 Å². The summed E-state index contributed by atoms with van der Waals surface area (Å²) in [5, 5.41) is 2.91. The van der Waals surface area contributed by atoms with Crippen LogP contribution in [0.4, 0.5) is 5.69 Å². The molecule has 1 aliphatic carbocycles. The molecule has 0 spiro atoms. The molecule has 15 heavy (non-hydrogen) atoms. The highest BCUT2D eigenvalue weighted by Crippen LogP contribution is 2.13. The second-order valence-electron chi connectivity index (χ2n) is 3.19. The van der Waals surface area contributed by atoms with E-state index in [2.05, 4.69) is 10.2 Å². The number of para-hydroxylation sites is 1. The van der Waals surface area contributed by atoms with Crippen LogP contribution in [0, 0.1) is 4.91 Å². The number of rotatable bonds is 2. The van der Waals surface area contributed by atoms with Crippen molar-refractivity contribution >= 4 is 11.4 Å². The molecule has 0 saturated heterocycles. The monoisotopic (exact) mass is 198 g/mol. The Morgan fingerprint density at radius 2 is 1.67 bits per heavy atom. The highest BCUT2D eigenvalue weighted by molar-refractivity contribution is 6.06. The molecule has 0 fully saturated rings. The fourth-order valence-corrected chi connectivity index (χ4v) is 1.31. The highest BCUT2D eigenvalue weighted by atomic mass is 16.3. The fraction of sp³-hybridized carbons (Fsp3) is 0.0833. The zero-order valence-corrected chi connectivity index (χ0v) is 8.08. The molecular formula is C12H10N2O. The van der Waals surface area contributed by atoms with Crippen molar-refractivity contribution in [3.8, 4) is 0 Å². The van der Waals surface area contributed by atoms with Crippen molar-refractivity contribution in [1.29, 1.82) is 0 Å². The molecule has 3 heteroatoms. The van der Waals surface area contributed by atoms with Crippen LogP contribution in [0.1, 0.15) is 0 Å². The summed E-state index contributed by atoms with van der Waals surface area (Å²) >= 11 is 0. The zero-order valence-electron chi connectivity index (χ0n) is 8.08. The van der Waals surface area contributed by atoms with Crippen LogP contribution in [0.2, 0.25) is 0 Å². The number of nitrogens with zero attached hydrogens (tertiary/aromatic N) is 2. The van der Waals surface area contributed by atoms with Crippen LogP contribution in [0.25, 0.3) is 0 Å². The van der Waals surface area contributed by atoms with Gasteiger partial charge in [-0.1, -0.05) is 35.5 Å². The summed E-state index contributed by atoms with van der Waals surface area (Å²) in [4.78, 5) is 14.6. The van der Waals surface area contributed by atoms with E-state index in [1.165, 1.54) is 0 Å². The maximum atomic E-state index is 10.2. The molecule has 0 aromatic heterocycles. The third-order valence-electron chi connectivity index (χ3n) is 2.06. The lowest BCUT2D eigenvalue weighted by atomic mass is 10.1. The van der Waals surface area contributed by atoms with Gasteiger partial charge < -0.3 is 0 Å². The van der Waals surface area contributed by atoms with Crippen LogP contribution in [-0.4, -0.2) is 11.8 Å². The van der Waals surface area contributed by atoms with Gasteiger partial charge in [0, 0.05) is 0 Å². The lowest BCUT2D eigenvalue weighted by molar-refractivity contribution is 1.01. The molecule has 0 aliphatic heterocycles. The molecule has 1 aromatic carbocycles. The van der Waals surface area contributed by atoms with Crippen molar-refractivity contribution < 1.29 is 0 Å². The summed E-state index contributed by atoms with van der Waals surface area (Å²) in [5.41, 5.74) is 1.74. The Kier molecular flexibility index (Phi) is 2.83. The summed E-state index contributed by atoms with van der Waals surface area (Å²) in [6.07, 6.45) is 7.07. The summed E-state index contributed by atoms with van der Waals surface area (Å²) in [6, 6.07) is 9.33. The molecule has 0 amide bonds. The molecule has 3 nitrogen and oxygen atoms in total. The second-order valence-corrected chi connectivity index (χ2v) is 3.19. The maximum Gasteiger partial charge on any atom is 0.129 e. The molecule has 0 heterocycles. The van der Waals surface area contributed by atoms with Crippen LogP contribution >= 0.6 is 0 Å². The summed E-state index contributed by atoms with van der Waals surface area (Å²) in [6.45, 7) is 0. The van der Waals surface area contributed by atoms with E-state index in [0.29, 0.717) is 0 Å². The van der Waals surface area contributed by atoms with Gasteiger partial charge in [0.25, 0.3) is 0 Å². The number of nitroso groups, excluding NO2 is 1. The predicted octanol–water partition coefficient (Wildman–Crippen LogP) is 3.02. The smallest absolute Gasteiger partial charge is 0.129 e. The molecule has 1 aliphatic rings. The Hall–Kier alpha value is -2.03. The first kappa shape index (κ1) is 9.52. The number of hydrogen-bond donors (Lipinski definition) is 0. The molecule has 0 atom stereocenters. The van der Waals surface area contributed by atoms with E-state index in [4.69, 9.17) is 0 Å². The summed E-state index contributed by atoms with van der Waals surface area (Å²) in [5.74, 6) is 0. The number of aliphatic imine (C=N–C) groups is 1. The Morgan fingerprint density at radius 3 is 2.27 bits per heavy atom. The normalized spacial score (nSPS) is 18.9. The van der Waals surface area contributed by atoms with E-state index < -0.39 is 0 Å². The third-order valence-corrected chi connectivity index (χ3v) is 2.06. The Balaban J connectivity index is 2.18. The molecule has 0 bridgehead atoms. The molecule has 0 unspecified atom stereocenters. The fourth-order valence-electron chi connectivity index (χ4n) is 1.31. The molecule has 74 valence electrons. The molecule has 2 rings (SSSR count). The third kappa shape index (κ3) is 2.47. The lowest BCUT2D eigenvalue weighted by Crippen LogP contribution is -2.02. The van der Waals surface area contributed by atoms with Crippen molar-refractivity contribution in [2.24, 2.45) is 10.2 Å². The van der Waals surface area contributed by atoms with Gasteiger partial charge >= 0.3 is 0 Å². The lowest BCUT2D eigenvalue weighted by Gasteiger charge is -2.03. The van der Waals surface area contributed by atoms with Crippen LogP contribution in [-0.2, 0) is 0 Å². The Bertz CT molecular complexity index is 416. The predicted molar refractivity (Wildman–Crippen MR) is 61.4 cm³/mol. The average Bonchev–Trinajstić information content (AvgIpc) is 2.31. The van der Waals surface area contributed by atoms with Gasteiger partial charge in [-0.25, -0.2) is 4.99 Å². The molecular weight excluding hydrogens is 188 g/mol. The standard InChI is InChI=1S/C12H10N2O/c15-14-12-8-6-11(7-9-12)13-10-4-2-1-3-5-10/h1-9,12H. The maximum absolute atomic E-state index is 10.2. The first-order valence-corrected chi connectivity index (χ1v) is 4.71. The van der Waals surface area contributed by atoms with E-state index in [0.717, 1.165) is 11.4 Å². The quantitative estimate of drug-likeness (QED) is 0.673. The van der Waals surface area contributed by atoms with Gasteiger partial charge in [0.15, 0.2) is 0 Å². The van der Waals surface area contributed by atoms with Gasteiger partial charge in [-0.2, -0.15) is 0 Å². The Labute approximate surface area is 87.8 Å². The van der Waals surface area contributed by atoms with Gasteiger partial charge in [0.05, 0.1) is 11.4 Å². The Morgan fingerprint density at radius 1 is 1.00 bits per heavy atom. The first-order chi connectivity index (χ1) is 7.38. The van der Waals surface area contributed by atoms with Crippen LogP contribution in [0.15, 0.2) is 64.8 Å². The van der Waals surface area contributed by atoms with Gasteiger partial charge in [-0.15, -0.1) is 4.91 Å². The van der Waals surface area contributed by atoms with Crippen LogP contribution in [0.5, 0.6) is 0 Å². The molecule has 0 radical (unpaired) electrons. The van der Waals surface area contributed by atoms with E-state index in [1.807, 2.05) is 30.3 Å². The van der Waals surface area contributed by atoms with E-state index in [1.54, 1.807) is 24.3 Å². The topological polar surface area (TPSA) is 41.8 Å². The summed E-state index contributed by atoms with van der Waals surface area (Å²) in [7, 11) is 0. The minimum atomic E-state index is -0.347. The zero-order chi connectivity index (χ0) is 10.5. The minimum absolute atomic E-state index is 0.347. The minimum Gasteiger partial charge on any atom is -0.249 e. The van der Waals surface area contributed by atoms with E-state index in [9.17, 15) is 4.91 Å². The van der Waals surface area contributed by atoms with Gasteiger partial charge in [-0.3, -0.25) is 0 Å². The molecule has 0 saturated carbocycles. The average molecular weight is 198 g/mol. The molecule has 1 aromatic rings. The van der Waals surface area contributed by atoms with E-state index in [-0.39, 0.29) is 6.04 Å². The van der Waals surface area contributed by atoms with Gasteiger partial charge in [0.1, 0.15) is 6.04 Å². The van der Waals surface area contributed by atoms with Crippen LogP contribution < -0.4 is 0 Å². The van der Waals surface area contributed by atoms with E-state index >= 15 is 0 Å². The highest BCUT2D eigenvalue weighted by Gasteiger charge is 2.04. The first-order valence-electron chi connectivity index (χ1n) is 4.71. The van der Waals surface area contributed by atoms with Crippen molar-refractivity contribution in [2.45, 2.75) is 6.04 Å². The second kappa shape index (κ2) is 4.46. The van der Waals surface area contributed by atoms with Gasteiger partial charge in [-0.05, 0) is 24.3 Å². The van der Waals surface area contributed by atoms with Crippen LogP contribution in [0.3, 0.4) is 0 Å². The van der Waals surface area contributed by atoms with Crippen molar-refractivity contribution in [1.82, 2.24) is 0 Å². The molecule has 0 N–H and O–H groups in total. The number of hydrogen-bond acceptors (Lipinski definition) is 3. The van der Waals surface area contributed by atoms with Crippen molar-refractivity contribution in [2.75, 3.05) is 0 Å². The number of allylic oxidation sites excluding steroid dienone is 2. The van der Waals surface area contributed by atoms with Gasteiger partial charge in [0.2, 0.25) is 0 Å². The summed E-state index contributed by atoms with van der Waals surface area (Å²) < 4.78 is 0. The van der Waals surface area contributed by atoms with Crippen molar-refractivity contribution in [3.63, 3.8) is 0 Å². The SMILES string of the molecule is O=NC1C=CC(=Nc2ccccc2)C=C1. The largest absolute Gasteiger partial charge is 0.249 e. The number of benzene rings is 1.